The summed E-state index contributed by atoms with van der Waals surface area (Å²) in [6.07, 6.45) is 3.36. The summed E-state index contributed by atoms with van der Waals surface area (Å²) in [7, 11) is 1.46. The quantitative estimate of drug-likeness (QED) is 0.572. The minimum atomic E-state index is -0.433. The fourth-order valence-electron chi connectivity index (χ4n) is 2.53. The summed E-state index contributed by atoms with van der Waals surface area (Å²) in [5, 5.41) is 9.88. The SMILES string of the molecule is CCOc1ccc(C2=C/C(=C\c3cc(Br)c(O)c(OC)c3)C(=O)O2)cc1. The summed E-state index contributed by atoms with van der Waals surface area (Å²) < 4.78 is 16.4. The number of aromatic hydroxyl groups is 1. The molecule has 0 aromatic heterocycles. The first-order valence-corrected chi connectivity index (χ1v) is 8.76. The fourth-order valence-corrected chi connectivity index (χ4v) is 2.99. The Morgan fingerprint density at radius 1 is 1.23 bits per heavy atom. The Bertz CT molecular complexity index is 897. The molecule has 0 unspecified atom stereocenters. The van der Waals surface area contributed by atoms with Crippen molar-refractivity contribution in [3.63, 3.8) is 0 Å². The van der Waals surface area contributed by atoms with Crippen molar-refractivity contribution in [3.8, 4) is 17.2 Å². The van der Waals surface area contributed by atoms with Crippen LogP contribution in [0.3, 0.4) is 0 Å². The van der Waals surface area contributed by atoms with Crippen molar-refractivity contribution in [2.75, 3.05) is 13.7 Å². The maximum Gasteiger partial charge on any atom is 0.343 e. The Labute approximate surface area is 159 Å². The van der Waals surface area contributed by atoms with E-state index in [1.54, 1.807) is 24.3 Å². The second-order valence-electron chi connectivity index (χ2n) is 5.51. The van der Waals surface area contributed by atoms with Gasteiger partial charge in [-0.15, -0.1) is 0 Å². The predicted molar refractivity (Wildman–Crippen MR) is 102 cm³/mol. The topological polar surface area (TPSA) is 65.0 Å². The monoisotopic (exact) mass is 416 g/mol. The van der Waals surface area contributed by atoms with Gasteiger partial charge in [-0.05, 0) is 77.0 Å². The molecule has 26 heavy (non-hydrogen) atoms. The number of benzene rings is 2. The zero-order chi connectivity index (χ0) is 18.7. The first kappa shape index (κ1) is 18.1. The van der Waals surface area contributed by atoms with Gasteiger partial charge in [0.15, 0.2) is 11.5 Å². The lowest BCUT2D eigenvalue weighted by Crippen LogP contribution is -1.97. The lowest BCUT2D eigenvalue weighted by Gasteiger charge is -2.06. The molecule has 0 fully saturated rings. The number of esters is 1. The molecular weight excluding hydrogens is 400 g/mol. The summed E-state index contributed by atoms with van der Waals surface area (Å²) in [5.41, 5.74) is 1.89. The van der Waals surface area contributed by atoms with Gasteiger partial charge in [-0.3, -0.25) is 0 Å². The highest BCUT2D eigenvalue weighted by Crippen LogP contribution is 2.36. The minimum Gasteiger partial charge on any atom is -0.503 e. The largest absolute Gasteiger partial charge is 0.503 e. The molecule has 1 heterocycles. The maximum absolute atomic E-state index is 12.2. The Balaban J connectivity index is 1.90. The van der Waals surface area contributed by atoms with E-state index in [1.165, 1.54) is 7.11 Å². The molecule has 5 nitrogen and oxygen atoms in total. The molecule has 0 radical (unpaired) electrons. The van der Waals surface area contributed by atoms with Crippen LogP contribution in [0.15, 0.2) is 52.5 Å². The van der Waals surface area contributed by atoms with Crippen LogP contribution in [0.1, 0.15) is 18.1 Å². The zero-order valence-electron chi connectivity index (χ0n) is 14.3. The number of hydrogen-bond donors (Lipinski definition) is 1. The van der Waals surface area contributed by atoms with E-state index < -0.39 is 5.97 Å². The molecule has 1 aliphatic rings. The van der Waals surface area contributed by atoms with Gasteiger partial charge >= 0.3 is 5.97 Å². The molecule has 0 atom stereocenters. The van der Waals surface area contributed by atoms with Gasteiger partial charge < -0.3 is 19.3 Å². The lowest BCUT2D eigenvalue weighted by atomic mass is 10.1. The highest BCUT2D eigenvalue weighted by atomic mass is 79.9. The van der Waals surface area contributed by atoms with E-state index in [9.17, 15) is 9.90 Å². The summed E-state index contributed by atoms with van der Waals surface area (Å²) >= 11 is 3.27. The minimum absolute atomic E-state index is 0.00858. The number of methoxy groups -OCH3 is 1. The number of carbonyl (C=O) groups excluding carboxylic acids is 1. The molecule has 2 aromatic carbocycles. The highest BCUT2D eigenvalue weighted by molar-refractivity contribution is 9.10. The van der Waals surface area contributed by atoms with E-state index in [-0.39, 0.29) is 5.75 Å². The maximum atomic E-state index is 12.2. The number of phenols is 1. The first-order chi connectivity index (χ1) is 12.5. The zero-order valence-corrected chi connectivity index (χ0v) is 15.9. The summed E-state index contributed by atoms with van der Waals surface area (Å²) in [6.45, 7) is 2.51. The van der Waals surface area contributed by atoms with Crippen molar-refractivity contribution in [2.45, 2.75) is 6.92 Å². The normalized spacial score (nSPS) is 15.0. The molecule has 3 rings (SSSR count). The van der Waals surface area contributed by atoms with Crippen molar-refractivity contribution in [3.05, 3.63) is 63.6 Å². The Hall–Kier alpha value is -2.73. The van der Waals surface area contributed by atoms with Crippen molar-refractivity contribution >= 4 is 33.7 Å². The van der Waals surface area contributed by atoms with Crippen LogP contribution in [0.25, 0.3) is 11.8 Å². The number of hydrogen-bond acceptors (Lipinski definition) is 5. The van der Waals surface area contributed by atoms with Crippen molar-refractivity contribution in [1.29, 1.82) is 0 Å². The number of rotatable bonds is 5. The van der Waals surface area contributed by atoms with Gasteiger partial charge in [0.25, 0.3) is 0 Å². The average molecular weight is 417 g/mol. The number of carbonyl (C=O) groups is 1. The van der Waals surface area contributed by atoms with Crippen molar-refractivity contribution in [1.82, 2.24) is 0 Å². The molecule has 1 aliphatic heterocycles. The Kier molecular flexibility index (Phi) is 5.32. The highest BCUT2D eigenvalue weighted by Gasteiger charge is 2.22. The van der Waals surface area contributed by atoms with E-state index in [1.807, 2.05) is 31.2 Å². The van der Waals surface area contributed by atoms with Gasteiger partial charge in [0.05, 0.1) is 23.8 Å². The smallest absolute Gasteiger partial charge is 0.343 e. The van der Waals surface area contributed by atoms with Gasteiger partial charge in [0.1, 0.15) is 11.5 Å². The van der Waals surface area contributed by atoms with E-state index in [0.29, 0.717) is 33.7 Å². The van der Waals surface area contributed by atoms with Crippen molar-refractivity contribution in [2.24, 2.45) is 0 Å². The van der Waals surface area contributed by atoms with Crippen LogP contribution >= 0.6 is 15.9 Å². The molecule has 0 saturated heterocycles. The molecule has 134 valence electrons. The lowest BCUT2D eigenvalue weighted by molar-refractivity contribution is -0.130. The first-order valence-electron chi connectivity index (χ1n) is 7.97. The van der Waals surface area contributed by atoms with Crippen LogP contribution in [0.4, 0.5) is 0 Å². The van der Waals surface area contributed by atoms with Gasteiger partial charge in [-0.1, -0.05) is 0 Å². The van der Waals surface area contributed by atoms with Crippen molar-refractivity contribution < 1.29 is 24.1 Å². The number of halogens is 1. The summed E-state index contributed by atoms with van der Waals surface area (Å²) in [6, 6.07) is 10.7. The van der Waals surface area contributed by atoms with Crippen LogP contribution in [0.5, 0.6) is 17.2 Å². The molecule has 1 N–H and O–H groups in total. The second-order valence-corrected chi connectivity index (χ2v) is 6.36. The predicted octanol–water partition coefficient (Wildman–Crippen LogP) is 4.54. The molecular formula is C20H17BrO5. The molecule has 0 amide bonds. The summed E-state index contributed by atoms with van der Waals surface area (Å²) in [5.74, 6) is 1.13. The van der Waals surface area contributed by atoms with E-state index in [0.717, 1.165) is 11.3 Å². The standard InChI is InChI=1S/C20H17BrO5/c1-3-25-15-6-4-13(5-7-15)17-11-14(20(23)26-17)8-12-9-16(21)19(22)18(10-12)24-2/h4-11,22H,3H2,1-2H3/b14-8+. The number of ether oxygens (including phenoxy) is 3. The molecule has 0 saturated carbocycles. The van der Waals surface area contributed by atoms with Crippen LogP contribution in [0.2, 0.25) is 0 Å². The van der Waals surface area contributed by atoms with Crippen LogP contribution in [-0.2, 0) is 9.53 Å². The third kappa shape index (κ3) is 3.75. The molecule has 0 bridgehead atoms. The molecule has 0 aliphatic carbocycles. The number of cyclic esters (lactones) is 1. The Morgan fingerprint density at radius 2 is 1.96 bits per heavy atom. The van der Waals surface area contributed by atoms with E-state index >= 15 is 0 Å². The van der Waals surface area contributed by atoms with Crippen LogP contribution < -0.4 is 9.47 Å². The molecule has 0 spiro atoms. The van der Waals surface area contributed by atoms with Gasteiger partial charge in [0.2, 0.25) is 0 Å². The Morgan fingerprint density at radius 3 is 2.62 bits per heavy atom. The average Bonchev–Trinajstić information content (AvgIpc) is 2.99. The van der Waals surface area contributed by atoms with Gasteiger partial charge in [0, 0.05) is 5.56 Å². The third-order valence-electron chi connectivity index (χ3n) is 3.77. The molecule has 2 aromatic rings. The summed E-state index contributed by atoms with van der Waals surface area (Å²) in [4.78, 5) is 12.2. The third-order valence-corrected chi connectivity index (χ3v) is 4.37. The van der Waals surface area contributed by atoms with Crippen LogP contribution in [0, 0.1) is 0 Å². The second kappa shape index (κ2) is 7.66. The molecule has 6 heteroatoms. The van der Waals surface area contributed by atoms with Crippen LogP contribution in [-0.4, -0.2) is 24.8 Å². The van der Waals surface area contributed by atoms with Gasteiger partial charge in [-0.2, -0.15) is 0 Å². The fraction of sp³-hybridized carbons (Fsp3) is 0.150. The van der Waals surface area contributed by atoms with E-state index in [4.69, 9.17) is 14.2 Å². The number of phenolic OH excluding ortho intramolecular Hbond substituents is 1. The van der Waals surface area contributed by atoms with Gasteiger partial charge in [-0.25, -0.2) is 4.79 Å². The van der Waals surface area contributed by atoms with E-state index in [2.05, 4.69) is 15.9 Å².